The summed E-state index contributed by atoms with van der Waals surface area (Å²) in [6.07, 6.45) is 9.37. The molecule has 5 aromatic rings. The normalized spacial score (nSPS) is 16.6. The second-order valence-corrected chi connectivity index (χ2v) is 13.1. The lowest BCUT2D eigenvalue weighted by Gasteiger charge is -2.32. The van der Waals surface area contributed by atoms with Crippen LogP contribution in [-0.4, -0.2) is 52.4 Å². The highest BCUT2D eigenvalue weighted by Gasteiger charge is 2.26. The van der Waals surface area contributed by atoms with Gasteiger partial charge in [0.1, 0.15) is 0 Å². The molecule has 1 atom stereocenters. The third-order valence-electron chi connectivity index (χ3n) is 9.77. The first kappa shape index (κ1) is 30.9. The van der Waals surface area contributed by atoms with Crippen LogP contribution in [0.1, 0.15) is 59.3 Å². The Kier molecular flexibility index (Phi) is 9.20. The number of nitrogens with zero attached hydrogens (tertiary/aromatic N) is 3. The van der Waals surface area contributed by atoms with Crippen LogP contribution in [0.2, 0.25) is 0 Å². The molecule has 8 heteroatoms. The molecule has 0 saturated carbocycles. The SMILES string of the molecule is Cn1ccc2cc(NC(=O)c3ccc(CN4CCC[C@@H](C(=O)NCCCNc5c6c(nc7ccccc57)CCCC6)C4)cc3)ccc21. The van der Waals surface area contributed by atoms with E-state index in [4.69, 9.17) is 4.98 Å². The Hall–Kier alpha value is -4.69. The zero-order chi connectivity index (χ0) is 32.2. The fourth-order valence-corrected chi connectivity index (χ4v) is 7.23. The molecular weight excluding hydrogens is 584 g/mol. The molecule has 0 spiro atoms. The van der Waals surface area contributed by atoms with Crippen LogP contribution in [0.15, 0.2) is 79.0 Å². The summed E-state index contributed by atoms with van der Waals surface area (Å²) in [5.41, 5.74) is 8.60. The fourth-order valence-electron chi connectivity index (χ4n) is 7.23. The second-order valence-electron chi connectivity index (χ2n) is 13.1. The number of pyridine rings is 1. The standard InChI is InChI=1S/C39H44N6O2/c1-44-23-19-29-24-31(17-18-36(29)44)42-39(47)28-15-13-27(14-16-28)25-45-22-6-8-30(26-45)38(46)41-21-7-20-40-37-32-9-2-4-11-34(32)43-35-12-5-3-10-33(35)37/h2,4,9,11,13-19,23-24,30H,3,5-8,10,12,20-22,25-26H2,1H3,(H,40,43)(H,41,46)(H,42,47)/t30-/m1/s1. The predicted octanol–water partition coefficient (Wildman–Crippen LogP) is 6.69. The van der Waals surface area contributed by atoms with Gasteiger partial charge in [0.25, 0.3) is 5.91 Å². The molecule has 242 valence electrons. The summed E-state index contributed by atoms with van der Waals surface area (Å²) in [5.74, 6) is 0.0345. The van der Waals surface area contributed by atoms with E-state index in [1.54, 1.807) is 0 Å². The molecule has 47 heavy (non-hydrogen) atoms. The summed E-state index contributed by atoms with van der Waals surface area (Å²) >= 11 is 0. The van der Waals surface area contributed by atoms with E-state index in [0.29, 0.717) is 12.1 Å². The maximum absolute atomic E-state index is 13.1. The fraction of sp³-hybridized carbons (Fsp3) is 0.359. The number of aromatic nitrogens is 2. The van der Waals surface area contributed by atoms with Crippen molar-refractivity contribution in [3.8, 4) is 0 Å². The molecule has 1 aliphatic heterocycles. The number of amides is 2. The van der Waals surface area contributed by atoms with E-state index < -0.39 is 0 Å². The van der Waals surface area contributed by atoms with Crippen molar-refractivity contribution in [3.05, 3.63) is 101 Å². The third kappa shape index (κ3) is 7.03. The Morgan fingerprint density at radius 3 is 2.68 bits per heavy atom. The van der Waals surface area contributed by atoms with Crippen LogP contribution in [0.4, 0.5) is 11.4 Å². The molecule has 7 rings (SSSR count). The van der Waals surface area contributed by atoms with E-state index in [2.05, 4.69) is 49.7 Å². The Balaban J connectivity index is 0.870. The van der Waals surface area contributed by atoms with Crippen LogP contribution in [0.3, 0.4) is 0 Å². The van der Waals surface area contributed by atoms with Gasteiger partial charge in [-0.25, -0.2) is 0 Å². The highest BCUT2D eigenvalue weighted by Crippen LogP contribution is 2.33. The number of hydrogen-bond acceptors (Lipinski definition) is 5. The quantitative estimate of drug-likeness (QED) is 0.150. The molecular formula is C39H44N6O2. The van der Waals surface area contributed by atoms with Crippen molar-refractivity contribution >= 4 is 45.0 Å². The predicted molar refractivity (Wildman–Crippen MR) is 190 cm³/mol. The van der Waals surface area contributed by atoms with E-state index in [-0.39, 0.29) is 17.7 Å². The number of rotatable bonds is 10. The van der Waals surface area contributed by atoms with Gasteiger partial charge >= 0.3 is 0 Å². The number of piperidine rings is 1. The van der Waals surface area contributed by atoms with Gasteiger partial charge in [0.05, 0.1) is 11.4 Å². The minimum absolute atomic E-state index is 0.000117. The van der Waals surface area contributed by atoms with Crippen molar-refractivity contribution in [2.24, 2.45) is 13.0 Å². The summed E-state index contributed by atoms with van der Waals surface area (Å²) in [4.78, 5) is 33.3. The number of carbonyl (C=O) groups is 2. The lowest BCUT2D eigenvalue weighted by molar-refractivity contribution is -0.126. The zero-order valence-corrected chi connectivity index (χ0v) is 27.2. The number of nitrogens with one attached hydrogen (secondary N) is 3. The van der Waals surface area contributed by atoms with Gasteiger partial charge in [0, 0.05) is 78.3 Å². The number of fused-ring (bicyclic) bond motifs is 3. The minimum Gasteiger partial charge on any atom is -0.384 e. The number of anilines is 2. The molecule has 3 heterocycles. The molecule has 2 amide bonds. The van der Waals surface area contributed by atoms with Crippen LogP contribution in [0.25, 0.3) is 21.8 Å². The first-order valence-electron chi connectivity index (χ1n) is 17.1. The van der Waals surface area contributed by atoms with Gasteiger partial charge in [0.2, 0.25) is 5.91 Å². The van der Waals surface area contributed by atoms with Gasteiger partial charge in [-0.15, -0.1) is 0 Å². The van der Waals surface area contributed by atoms with Crippen LogP contribution < -0.4 is 16.0 Å². The van der Waals surface area contributed by atoms with Crippen LogP contribution >= 0.6 is 0 Å². The summed E-state index contributed by atoms with van der Waals surface area (Å²) in [6, 6.07) is 24.2. The summed E-state index contributed by atoms with van der Waals surface area (Å²) in [6.45, 7) is 3.97. The molecule has 0 radical (unpaired) electrons. The molecule has 3 aromatic carbocycles. The van der Waals surface area contributed by atoms with E-state index in [1.165, 1.54) is 35.2 Å². The van der Waals surface area contributed by atoms with Crippen molar-refractivity contribution < 1.29 is 9.59 Å². The summed E-state index contributed by atoms with van der Waals surface area (Å²) in [5, 5.41) is 12.2. The van der Waals surface area contributed by atoms with Gasteiger partial charge in [-0.05, 0) is 105 Å². The first-order valence-corrected chi connectivity index (χ1v) is 17.1. The van der Waals surface area contributed by atoms with Gasteiger partial charge in [0.15, 0.2) is 0 Å². The van der Waals surface area contributed by atoms with Crippen molar-refractivity contribution in [1.82, 2.24) is 19.8 Å². The monoisotopic (exact) mass is 628 g/mol. The number of aryl methyl sites for hydroxylation is 2. The van der Waals surface area contributed by atoms with E-state index in [9.17, 15) is 9.59 Å². The molecule has 1 aliphatic carbocycles. The molecule has 0 unspecified atom stereocenters. The summed E-state index contributed by atoms with van der Waals surface area (Å²) < 4.78 is 2.06. The molecule has 2 aliphatic rings. The van der Waals surface area contributed by atoms with E-state index >= 15 is 0 Å². The average molecular weight is 629 g/mol. The van der Waals surface area contributed by atoms with Crippen molar-refractivity contribution in [1.29, 1.82) is 0 Å². The number of benzene rings is 3. The van der Waals surface area contributed by atoms with Crippen molar-refractivity contribution in [3.63, 3.8) is 0 Å². The largest absolute Gasteiger partial charge is 0.384 e. The third-order valence-corrected chi connectivity index (χ3v) is 9.77. The average Bonchev–Trinajstić information content (AvgIpc) is 3.47. The van der Waals surface area contributed by atoms with Crippen molar-refractivity contribution in [2.75, 3.05) is 36.8 Å². The Labute approximate surface area is 276 Å². The molecule has 1 fully saturated rings. The molecule has 2 aromatic heterocycles. The number of carbonyl (C=O) groups excluding carboxylic acids is 2. The Bertz CT molecular complexity index is 1900. The first-order chi connectivity index (χ1) is 23.0. The number of hydrogen-bond donors (Lipinski definition) is 3. The highest BCUT2D eigenvalue weighted by molar-refractivity contribution is 6.05. The molecule has 1 saturated heterocycles. The number of para-hydroxylation sites is 1. The van der Waals surface area contributed by atoms with Crippen LogP contribution in [-0.2, 0) is 31.2 Å². The molecule has 8 nitrogen and oxygen atoms in total. The van der Waals surface area contributed by atoms with Crippen LogP contribution in [0, 0.1) is 5.92 Å². The second kappa shape index (κ2) is 14.0. The van der Waals surface area contributed by atoms with Gasteiger partial charge in [-0.3, -0.25) is 19.5 Å². The van der Waals surface area contributed by atoms with Gasteiger partial charge in [-0.1, -0.05) is 30.3 Å². The Morgan fingerprint density at radius 2 is 1.79 bits per heavy atom. The van der Waals surface area contributed by atoms with E-state index in [0.717, 1.165) is 86.0 Å². The Morgan fingerprint density at radius 1 is 0.936 bits per heavy atom. The van der Waals surface area contributed by atoms with Crippen molar-refractivity contribution in [2.45, 2.75) is 51.5 Å². The molecule has 3 N–H and O–H groups in total. The maximum atomic E-state index is 13.1. The topological polar surface area (TPSA) is 91.3 Å². The lowest BCUT2D eigenvalue weighted by Crippen LogP contribution is -2.43. The maximum Gasteiger partial charge on any atom is 0.255 e. The molecule has 0 bridgehead atoms. The highest BCUT2D eigenvalue weighted by atomic mass is 16.2. The number of likely N-dealkylation sites (tertiary alicyclic amines) is 1. The lowest BCUT2D eigenvalue weighted by atomic mass is 9.92. The zero-order valence-electron chi connectivity index (χ0n) is 27.2. The van der Waals surface area contributed by atoms with E-state index in [1.807, 2.05) is 61.8 Å². The van der Waals surface area contributed by atoms with Gasteiger partial charge < -0.3 is 20.5 Å². The summed E-state index contributed by atoms with van der Waals surface area (Å²) in [7, 11) is 2.01. The van der Waals surface area contributed by atoms with Gasteiger partial charge in [-0.2, -0.15) is 0 Å². The smallest absolute Gasteiger partial charge is 0.255 e. The minimum atomic E-state index is -0.120. The van der Waals surface area contributed by atoms with Crippen LogP contribution in [0.5, 0.6) is 0 Å².